The van der Waals surface area contributed by atoms with Crippen LogP contribution in [0.5, 0.6) is 0 Å². The second kappa shape index (κ2) is 9.50. The van der Waals surface area contributed by atoms with Crippen molar-refractivity contribution in [3.05, 3.63) is 47.2 Å². The average molecular weight is 333 g/mol. The Kier molecular flexibility index (Phi) is 7.68. The third-order valence-corrected chi connectivity index (χ3v) is 3.42. The number of Topliss-reactive ketones (excluding diaryl/α,β-unsaturated/α-hetero) is 1. The molecule has 0 radical (unpaired) electrons. The highest BCUT2D eigenvalue weighted by Gasteiger charge is 2.24. The van der Waals surface area contributed by atoms with Gasteiger partial charge in [-0.05, 0) is 25.8 Å². The zero-order chi connectivity index (χ0) is 18.1. The minimum absolute atomic E-state index is 0.0622. The highest BCUT2D eigenvalue weighted by Crippen LogP contribution is 2.13. The van der Waals surface area contributed by atoms with Crippen molar-refractivity contribution in [2.45, 2.75) is 46.3 Å². The first-order valence-corrected chi connectivity index (χ1v) is 7.79. The summed E-state index contributed by atoms with van der Waals surface area (Å²) in [6.07, 6.45) is -0.216. The molecule has 0 fully saturated rings. The molecule has 0 bridgehead atoms. The van der Waals surface area contributed by atoms with E-state index in [1.807, 2.05) is 37.3 Å². The fraction of sp³-hybridized carbons (Fsp3) is 0.389. The van der Waals surface area contributed by atoms with Gasteiger partial charge in [0.05, 0.1) is 12.5 Å². The maximum Gasteiger partial charge on any atom is 0.343 e. The molecule has 6 heteroatoms. The van der Waals surface area contributed by atoms with Crippen molar-refractivity contribution >= 4 is 17.7 Å². The molecule has 0 amide bonds. The Balaban J connectivity index is 3.08. The highest BCUT2D eigenvalue weighted by atomic mass is 16.5. The first-order chi connectivity index (χ1) is 11.3. The van der Waals surface area contributed by atoms with E-state index in [-0.39, 0.29) is 17.4 Å². The lowest BCUT2D eigenvalue weighted by atomic mass is 10.1. The summed E-state index contributed by atoms with van der Waals surface area (Å²) in [4.78, 5) is 35.3. The van der Waals surface area contributed by atoms with E-state index in [9.17, 15) is 14.4 Å². The largest absolute Gasteiger partial charge is 0.481 e. The van der Waals surface area contributed by atoms with Gasteiger partial charge in [0.25, 0.3) is 0 Å². The van der Waals surface area contributed by atoms with Gasteiger partial charge >= 0.3 is 11.9 Å². The minimum atomic E-state index is -1.14. The second-order valence-corrected chi connectivity index (χ2v) is 5.44. The maximum absolute atomic E-state index is 12.3. The number of carbonyl (C=O) groups is 3. The van der Waals surface area contributed by atoms with Gasteiger partial charge in [0.1, 0.15) is 5.57 Å². The normalized spacial score (nSPS) is 12.8. The zero-order valence-electron chi connectivity index (χ0n) is 14.2. The molecule has 1 aromatic carbocycles. The van der Waals surface area contributed by atoms with Gasteiger partial charge in [0.15, 0.2) is 5.78 Å². The number of rotatable bonds is 9. The van der Waals surface area contributed by atoms with Crippen molar-refractivity contribution in [1.29, 1.82) is 0 Å². The van der Waals surface area contributed by atoms with Crippen molar-refractivity contribution in [3.63, 3.8) is 0 Å². The van der Waals surface area contributed by atoms with E-state index in [0.29, 0.717) is 13.0 Å². The van der Waals surface area contributed by atoms with Gasteiger partial charge in [0.2, 0.25) is 0 Å². The standard InChI is InChI=1S/C18H23NO5/c1-4-12(2)24-18(23)17(13(3)20)15(10-16(21)22)19-11-14-8-6-5-7-9-14/h5-9,12,19H,4,10-11H2,1-3H3,(H,21,22). The van der Waals surface area contributed by atoms with Gasteiger partial charge in [-0.1, -0.05) is 37.3 Å². The van der Waals surface area contributed by atoms with Gasteiger partial charge < -0.3 is 15.2 Å². The Morgan fingerprint density at radius 2 is 1.83 bits per heavy atom. The Hall–Kier alpha value is -2.63. The Bertz CT molecular complexity index is 622. The van der Waals surface area contributed by atoms with Crippen molar-refractivity contribution in [2.24, 2.45) is 0 Å². The first-order valence-electron chi connectivity index (χ1n) is 7.79. The van der Waals surface area contributed by atoms with E-state index in [0.717, 1.165) is 5.56 Å². The predicted octanol–water partition coefficient (Wildman–Crippen LogP) is 2.44. The van der Waals surface area contributed by atoms with Crippen LogP contribution in [0.4, 0.5) is 0 Å². The summed E-state index contributed by atoms with van der Waals surface area (Å²) in [5.41, 5.74) is 0.722. The van der Waals surface area contributed by atoms with Crippen molar-refractivity contribution in [3.8, 4) is 0 Å². The molecule has 0 aliphatic carbocycles. The molecule has 6 nitrogen and oxygen atoms in total. The number of hydrogen-bond acceptors (Lipinski definition) is 5. The van der Waals surface area contributed by atoms with Crippen LogP contribution in [0.1, 0.15) is 39.2 Å². The molecular weight excluding hydrogens is 310 g/mol. The van der Waals surface area contributed by atoms with Gasteiger partial charge in [0, 0.05) is 12.2 Å². The van der Waals surface area contributed by atoms with E-state index in [2.05, 4.69) is 5.32 Å². The molecule has 0 aliphatic heterocycles. The van der Waals surface area contributed by atoms with Crippen LogP contribution >= 0.6 is 0 Å². The molecule has 1 unspecified atom stereocenters. The average Bonchev–Trinajstić information content (AvgIpc) is 2.52. The van der Waals surface area contributed by atoms with Crippen molar-refractivity contribution in [2.75, 3.05) is 0 Å². The molecule has 0 aromatic heterocycles. The number of aliphatic carboxylic acids is 1. The first kappa shape index (κ1) is 19.4. The zero-order valence-corrected chi connectivity index (χ0v) is 14.2. The smallest absolute Gasteiger partial charge is 0.343 e. The van der Waals surface area contributed by atoms with Crippen LogP contribution in [-0.2, 0) is 25.7 Å². The van der Waals surface area contributed by atoms with Crippen molar-refractivity contribution in [1.82, 2.24) is 5.32 Å². The van der Waals surface area contributed by atoms with Gasteiger partial charge in [-0.3, -0.25) is 9.59 Å². The van der Waals surface area contributed by atoms with E-state index in [1.165, 1.54) is 6.92 Å². The van der Waals surface area contributed by atoms with Gasteiger partial charge in [-0.15, -0.1) is 0 Å². The monoisotopic (exact) mass is 333 g/mol. The lowest BCUT2D eigenvalue weighted by Crippen LogP contribution is -2.27. The van der Waals surface area contributed by atoms with E-state index < -0.39 is 24.1 Å². The van der Waals surface area contributed by atoms with Gasteiger partial charge in [-0.2, -0.15) is 0 Å². The maximum atomic E-state index is 12.3. The van der Waals surface area contributed by atoms with Gasteiger partial charge in [-0.25, -0.2) is 4.79 Å². The molecule has 0 aliphatic rings. The fourth-order valence-electron chi connectivity index (χ4n) is 2.00. The quantitative estimate of drug-likeness (QED) is 0.312. The molecular formula is C18H23NO5. The number of benzene rings is 1. The van der Waals surface area contributed by atoms with Crippen LogP contribution in [0.15, 0.2) is 41.6 Å². The van der Waals surface area contributed by atoms with Crippen LogP contribution in [0.25, 0.3) is 0 Å². The number of ether oxygens (including phenoxy) is 1. The van der Waals surface area contributed by atoms with Crippen LogP contribution in [0.3, 0.4) is 0 Å². The number of carbonyl (C=O) groups excluding carboxylic acids is 2. The fourth-order valence-corrected chi connectivity index (χ4v) is 2.00. The summed E-state index contributed by atoms with van der Waals surface area (Å²) >= 11 is 0. The number of hydrogen-bond donors (Lipinski definition) is 2. The van der Waals surface area contributed by atoms with E-state index in [4.69, 9.17) is 9.84 Å². The van der Waals surface area contributed by atoms with E-state index in [1.54, 1.807) is 6.92 Å². The number of carboxylic acid groups (broad SMARTS) is 1. The van der Waals surface area contributed by atoms with Crippen LogP contribution in [-0.4, -0.2) is 28.9 Å². The summed E-state index contributed by atoms with van der Waals surface area (Å²) in [5, 5.41) is 12.0. The summed E-state index contributed by atoms with van der Waals surface area (Å²) in [5.74, 6) is -2.46. The number of esters is 1. The summed E-state index contributed by atoms with van der Waals surface area (Å²) in [6.45, 7) is 5.08. The molecule has 0 saturated heterocycles. The molecule has 0 heterocycles. The number of nitrogens with one attached hydrogen (secondary N) is 1. The molecule has 2 N–H and O–H groups in total. The molecule has 0 saturated carbocycles. The summed E-state index contributed by atoms with van der Waals surface area (Å²) < 4.78 is 5.19. The number of ketones is 1. The molecule has 1 aromatic rings. The second-order valence-electron chi connectivity index (χ2n) is 5.44. The number of carboxylic acids is 1. The SMILES string of the molecule is CCC(C)OC(=O)C(C(C)=O)=C(CC(=O)O)NCc1ccccc1. The molecule has 130 valence electrons. The third-order valence-electron chi connectivity index (χ3n) is 3.42. The summed E-state index contributed by atoms with van der Waals surface area (Å²) in [6, 6.07) is 9.27. The Morgan fingerprint density at radius 3 is 2.33 bits per heavy atom. The van der Waals surface area contributed by atoms with E-state index >= 15 is 0 Å². The van der Waals surface area contributed by atoms with Crippen molar-refractivity contribution < 1.29 is 24.2 Å². The lowest BCUT2D eigenvalue weighted by Gasteiger charge is -2.16. The third kappa shape index (κ3) is 6.24. The molecule has 0 spiro atoms. The lowest BCUT2D eigenvalue weighted by molar-refractivity contribution is -0.144. The molecule has 1 rings (SSSR count). The van der Waals surface area contributed by atoms with Crippen LogP contribution < -0.4 is 5.32 Å². The minimum Gasteiger partial charge on any atom is -0.481 e. The molecule has 1 atom stereocenters. The summed E-state index contributed by atoms with van der Waals surface area (Å²) in [7, 11) is 0. The Labute approximate surface area is 141 Å². The van der Waals surface area contributed by atoms with Crippen LogP contribution in [0.2, 0.25) is 0 Å². The topological polar surface area (TPSA) is 92.7 Å². The Morgan fingerprint density at radius 1 is 1.21 bits per heavy atom. The van der Waals surface area contributed by atoms with Crippen LogP contribution in [0, 0.1) is 0 Å². The predicted molar refractivity (Wildman–Crippen MR) is 89.1 cm³/mol. The highest BCUT2D eigenvalue weighted by molar-refractivity contribution is 6.17. The molecule has 24 heavy (non-hydrogen) atoms.